The number of thioether (sulfide) groups is 1. The molecule has 1 aromatic carbocycles. The highest BCUT2D eigenvalue weighted by Crippen LogP contribution is 2.24. The van der Waals surface area contributed by atoms with Gasteiger partial charge in [-0.3, -0.25) is 4.79 Å². The second-order valence-electron chi connectivity index (χ2n) is 5.16. The van der Waals surface area contributed by atoms with Crippen LogP contribution in [-0.2, 0) is 11.3 Å². The standard InChI is InChI=1S/C17H14ClN5OS/c1-23(9-11-2-4-14(18)5-3-11)15(24)10-25-17-13(8-20)6-12(7-19)16(21)22-17/h2-6H,9-10H2,1H3,(H2,21,22). The summed E-state index contributed by atoms with van der Waals surface area (Å²) in [5.74, 6) is 0.0384. The lowest BCUT2D eigenvalue weighted by molar-refractivity contribution is -0.127. The summed E-state index contributed by atoms with van der Waals surface area (Å²) in [5.41, 5.74) is 7.01. The Labute approximate surface area is 154 Å². The summed E-state index contributed by atoms with van der Waals surface area (Å²) in [6.45, 7) is 0.449. The first-order valence-electron chi connectivity index (χ1n) is 7.16. The maximum absolute atomic E-state index is 12.3. The van der Waals surface area contributed by atoms with Crippen molar-refractivity contribution in [3.63, 3.8) is 0 Å². The van der Waals surface area contributed by atoms with Crippen LogP contribution in [-0.4, -0.2) is 28.6 Å². The number of anilines is 1. The van der Waals surface area contributed by atoms with Crippen molar-refractivity contribution in [3.05, 3.63) is 52.0 Å². The van der Waals surface area contributed by atoms with Gasteiger partial charge in [-0.1, -0.05) is 35.5 Å². The van der Waals surface area contributed by atoms with E-state index in [0.29, 0.717) is 16.6 Å². The number of benzene rings is 1. The SMILES string of the molecule is CN(Cc1ccc(Cl)cc1)C(=O)CSc1nc(N)c(C#N)cc1C#N. The van der Waals surface area contributed by atoms with Crippen molar-refractivity contribution in [2.45, 2.75) is 11.6 Å². The normalized spacial score (nSPS) is 9.92. The zero-order chi connectivity index (χ0) is 18.4. The number of amides is 1. The quantitative estimate of drug-likeness (QED) is 0.810. The smallest absolute Gasteiger partial charge is 0.233 e. The second-order valence-corrected chi connectivity index (χ2v) is 6.56. The molecule has 25 heavy (non-hydrogen) atoms. The molecule has 0 saturated heterocycles. The van der Waals surface area contributed by atoms with Crippen LogP contribution in [0.15, 0.2) is 35.4 Å². The number of rotatable bonds is 5. The van der Waals surface area contributed by atoms with Crippen LogP contribution >= 0.6 is 23.4 Å². The van der Waals surface area contributed by atoms with Gasteiger partial charge in [-0.25, -0.2) is 4.98 Å². The zero-order valence-corrected chi connectivity index (χ0v) is 14.9. The van der Waals surface area contributed by atoms with E-state index >= 15 is 0 Å². The molecule has 0 bridgehead atoms. The van der Waals surface area contributed by atoms with E-state index in [9.17, 15) is 4.79 Å². The van der Waals surface area contributed by atoms with Crippen molar-refractivity contribution in [2.24, 2.45) is 0 Å². The number of hydrogen-bond donors (Lipinski definition) is 1. The number of nitrogens with zero attached hydrogens (tertiary/aromatic N) is 4. The molecule has 1 heterocycles. The van der Waals surface area contributed by atoms with Gasteiger partial charge in [-0.15, -0.1) is 0 Å². The van der Waals surface area contributed by atoms with E-state index in [1.54, 1.807) is 24.1 Å². The van der Waals surface area contributed by atoms with Crippen molar-refractivity contribution >= 4 is 35.1 Å². The Bertz CT molecular complexity index is 870. The Hall–Kier alpha value is -2.74. The molecular weight excluding hydrogens is 358 g/mol. The van der Waals surface area contributed by atoms with Crippen LogP contribution in [0.4, 0.5) is 5.82 Å². The van der Waals surface area contributed by atoms with Gasteiger partial charge in [0.2, 0.25) is 5.91 Å². The van der Waals surface area contributed by atoms with Crippen LogP contribution in [0.1, 0.15) is 16.7 Å². The van der Waals surface area contributed by atoms with Gasteiger partial charge in [0.15, 0.2) is 0 Å². The third kappa shape index (κ3) is 4.87. The molecule has 0 spiro atoms. The largest absolute Gasteiger partial charge is 0.383 e. The highest BCUT2D eigenvalue weighted by atomic mass is 35.5. The summed E-state index contributed by atoms with van der Waals surface area (Å²) in [6.07, 6.45) is 0. The maximum atomic E-state index is 12.3. The minimum Gasteiger partial charge on any atom is -0.383 e. The van der Waals surface area contributed by atoms with Gasteiger partial charge < -0.3 is 10.6 Å². The van der Waals surface area contributed by atoms with Crippen molar-refractivity contribution < 1.29 is 4.79 Å². The molecule has 6 nitrogen and oxygen atoms in total. The van der Waals surface area contributed by atoms with Crippen LogP contribution in [0, 0.1) is 22.7 Å². The average molecular weight is 372 g/mol. The van der Waals surface area contributed by atoms with Crippen LogP contribution in [0.5, 0.6) is 0 Å². The predicted octanol–water partition coefficient (Wildman–Crippen LogP) is 2.81. The van der Waals surface area contributed by atoms with Crippen LogP contribution in [0.2, 0.25) is 5.02 Å². The number of pyridine rings is 1. The van der Waals surface area contributed by atoms with Crippen LogP contribution in [0.3, 0.4) is 0 Å². The lowest BCUT2D eigenvalue weighted by Crippen LogP contribution is -2.27. The molecule has 2 N–H and O–H groups in total. The first-order valence-corrected chi connectivity index (χ1v) is 8.53. The fourth-order valence-corrected chi connectivity index (χ4v) is 3.01. The van der Waals surface area contributed by atoms with Gasteiger partial charge in [-0.2, -0.15) is 10.5 Å². The Morgan fingerprint density at radius 3 is 2.52 bits per heavy atom. The molecule has 1 aromatic heterocycles. The van der Waals surface area contributed by atoms with Crippen molar-refractivity contribution in [1.29, 1.82) is 10.5 Å². The van der Waals surface area contributed by atoms with E-state index in [4.69, 9.17) is 27.9 Å². The van der Waals surface area contributed by atoms with Crippen LogP contribution < -0.4 is 5.73 Å². The predicted molar refractivity (Wildman–Crippen MR) is 96.7 cm³/mol. The average Bonchev–Trinajstić information content (AvgIpc) is 2.61. The van der Waals surface area contributed by atoms with Crippen molar-refractivity contribution in [2.75, 3.05) is 18.5 Å². The van der Waals surface area contributed by atoms with E-state index in [0.717, 1.165) is 17.3 Å². The minimum absolute atomic E-state index is 0.0472. The molecule has 2 aromatic rings. The molecule has 0 aliphatic carbocycles. The number of aromatic nitrogens is 1. The summed E-state index contributed by atoms with van der Waals surface area (Å²) >= 11 is 6.96. The number of carbonyl (C=O) groups is 1. The molecule has 1 amide bonds. The van der Waals surface area contributed by atoms with E-state index in [-0.39, 0.29) is 28.6 Å². The van der Waals surface area contributed by atoms with E-state index in [1.807, 2.05) is 24.3 Å². The number of halogens is 1. The molecular formula is C17H14ClN5OS. The van der Waals surface area contributed by atoms with Crippen LogP contribution in [0.25, 0.3) is 0 Å². The molecule has 2 rings (SSSR count). The summed E-state index contributed by atoms with van der Waals surface area (Å²) in [4.78, 5) is 17.9. The Kier molecular flexibility index (Phi) is 6.24. The molecule has 0 aliphatic rings. The van der Waals surface area contributed by atoms with Gasteiger partial charge in [-0.05, 0) is 23.8 Å². The second kappa shape index (κ2) is 8.39. The molecule has 0 atom stereocenters. The fraction of sp³-hybridized carbons (Fsp3) is 0.176. The summed E-state index contributed by atoms with van der Waals surface area (Å²) in [6, 6.07) is 12.5. The Morgan fingerprint density at radius 1 is 1.28 bits per heavy atom. The molecule has 0 radical (unpaired) electrons. The lowest BCUT2D eigenvalue weighted by atomic mass is 10.2. The number of carbonyl (C=O) groups excluding carboxylic acids is 1. The fourth-order valence-electron chi connectivity index (χ4n) is 1.98. The maximum Gasteiger partial charge on any atom is 0.233 e. The summed E-state index contributed by atoms with van der Waals surface area (Å²) in [5, 5.41) is 19.1. The molecule has 0 unspecified atom stereocenters. The van der Waals surface area contributed by atoms with Gasteiger partial charge in [0.25, 0.3) is 0 Å². The van der Waals surface area contributed by atoms with E-state index in [2.05, 4.69) is 4.98 Å². The number of nitriles is 2. The molecule has 0 saturated carbocycles. The van der Waals surface area contributed by atoms with E-state index < -0.39 is 0 Å². The topological polar surface area (TPSA) is 107 Å². The minimum atomic E-state index is -0.117. The van der Waals surface area contributed by atoms with Gasteiger partial charge in [0.05, 0.1) is 16.9 Å². The highest BCUT2D eigenvalue weighted by Gasteiger charge is 2.14. The first kappa shape index (κ1) is 18.6. The monoisotopic (exact) mass is 371 g/mol. The summed E-state index contributed by atoms with van der Waals surface area (Å²) < 4.78 is 0. The molecule has 0 fully saturated rings. The number of nitrogens with two attached hydrogens (primary N) is 1. The van der Waals surface area contributed by atoms with E-state index in [1.165, 1.54) is 6.07 Å². The lowest BCUT2D eigenvalue weighted by Gasteiger charge is -2.17. The number of hydrogen-bond acceptors (Lipinski definition) is 6. The third-order valence-electron chi connectivity index (χ3n) is 3.35. The third-order valence-corrected chi connectivity index (χ3v) is 4.58. The van der Waals surface area contributed by atoms with Gasteiger partial charge in [0.1, 0.15) is 23.0 Å². The van der Waals surface area contributed by atoms with Gasteiger partial charge in [0, 0.05) is 18.6 Å². The summed E-state index contributed by atoms with van der Waals surface area (Å²) in [7, 11) is 1.70. The molecule has 126 valence electrons. The zero-order valence-electron chi connectivity index (χ0n) is 13.4. The van der Waals surface area contributed by atoms with Gasteiger partial charge >= 0.3 is 0 Å². The molecule has 0 aliphatic heterocycles. The van der Waals surface area contributed by atoms with Crippen molar-refractivity contribution in [1.82, 2.24) is 9.88 Å². The number of nitrogen functional groups attached to an aromatic ring is 1. The highest BCUT2D eigenvalue weighted by molar-refractivity contribution is 8.00. The Morgan fingerprint density at radius 2 is 1.92 bits per heavy atom. The van der Waals surface area contributed by atoms with Crippen molar-refractivity contribution in [3.8, 4) is 12.1 Å². The first-order chi connectivity index (χ1) is 11.9. The Balaban J connectivity index is 2.02. The molecule has 8 heteroatoms.